The molecule has 0 aliphatic carbocycles. The summed E-state index contributed by atoms with van der Waals surface area (Å²) in [7, 11) is 0. The number of carbonyl (C=O) groups excluding carboxylic acids is 4. The van der Waals surface area contributed by atoms with Crippen molar-refractivity contribution in [2.75, 3.05) is 5.43 Å². The van der Waals surface area contributed by atoms with Crippen LogP contribution in [0.2, 0.25) is 0 Å². The highest BCUT2D eigenvalue weighted by Crippen LogP contribution is 2.15. The van der Waals surface area contributed by atoms with Gasteiger partial charge < -0.3 is 9.57 Å². The Kier molecular flexibility index (Phi) is 5.20. The van der Waals surface area contributed by atoms with Gasteiger partial charge in [-0.25, -0.2) is 20.0 Å². The van der Waals surface area contributed by atoms with Crippen molar-refractivity contribution in [1.29, 1.82) is 0 Å². The number of carbonyl (C=O) groups is 4. The standard InChI is InChI=1S/C15H18N4O6/c1-15(2,3)24-14(23)18-17-10-8-9(6-7-16-10)13(22)25-19-11(20)4-5-12(19)21/h6-8H,4-5H2,1-3H3,(H,16,17)(H,18,23). The quantitative estimate of drug-likeness (QED) is 0.611. The van der Waals surface area contributed by atoms with Crippen LogP contribution in [-0.2, 0) is 19.2 Å². The molecule has 2 heterocycles. The zero-order valence-corrected chi connectivity index (χ0v) is 14.0. The van der Waals surface area contributed by atoms with Crippen LogP contribution >= 0.6 is 0 Å². The van der Waals surface area contributed by atoms with E-state index in [0.717, 1.165) is 0 Å². The Bertz CT molecular complexity index is 696. The van der Waals surface area contributed by atoms with Crippen LogP contribution in [-0.4, -0.2) is 39.5 Å². The molecule has 134 valence electrons. The van der Waals surface area contributed by atoms with Gasteiger partial charge in [-0.3, -0.25) is 15.0 Å². The van der Waals surface area contributed by atoms with Crippen LogP contribution in [0.3, 0.4) is 0 Å². The van der Waals surface area contributed by atoms with Crippen LogP contribution in [0.25, 0.3) is 0 Å². The molecule has 25 heavy (non-hydrogen) atoms. The van der Waals surface area contributed by atoms with Gasteiger partial charge in [0.15, 0.2) is 0 Å². The summed E-state index contributed by atoms with van der Waals surface area (Å²) in [6, 6.07) is 2.62. The third kappa shape index (κ3) is 5.16. The van der Waals surface area contributed by atoms with Gasteiger partial charge in [0.25, 0.3) is 11.8 Å². The smallest absolute Gasteiger partial charge is 0.426 e. The van der Waals surface area contributed by atoms with E-state index in [1.165, 1.54) is 18.3 Å². The number of rotatable bonds is 4. The number of anilines is 1. The molecule has 1 fully saturated rings. The van der Waals surface area contributed by atoms with E-state index in [2.05, 4.69) is 15.8 Å². The molecule has 2 rings (SSSR count). The van der Waals surface area contributed by atoms with Crippen LogP contribution in [0.4, 0.5) is 10.6 Å². The molecular weight excluding hydrogens is 332 g/mol. The lowest BCUT2D eigenvalue weighted by molar-refractivity contribution is -0.172. The van der Waals surface area contributed by atoms with E-state index in [1.807, 2.05) is 0 Å². The van der Waals surface area contributed by atoms with E-state index < -0.39 is 29.5 Å². The number of nitrogens with one attached hydrogen (secondary N) is 2. The van der Waals surface area contributed by atoms with Gasteiger partial charge in [-0.15, -0.1) is 5.06 Å². The molecule has 10 heteroatoms. The molecule has 1 aromatic heterocycles. The van der Waals surface area contributed by atoms with E-state index >= 15 is 0 Å². The van der Waals surface area contributed by atoms with E-state index in [9.17, 15) is 19.2 Å². The highest BCUT2D eigenvalue weighted by Gasteiger charge is 2.33. The molecule has 0 aromatic carbocycles. The molecule has 3 amide bonds. The summed E-state index contributed by atoms with van der Waals surface area (Å²) in [4.78, 5) is 55.2. The molecule has 0 spiro atoms. The summed E-state index contributed by atoms with van der Waals surface area (Å²) in [6.07, 6.45) is 0.587. The number of nitrogens with zero attached hydrogens (tertiary/aromatic N) is 2. The van der Waals surface area contributed by atoms with E-state index in [4.69, 9.17) is 9.57 Å². The highest BCUT2D eigenvalue weighted by atomic mass is 16.7. The van der Waals surface area contributed by atoms with Gasteiger partial charge in [0.05, 0.1) is 5.56 Å². The number of hydroxylamine groups is 2. The molecule has 0 bridgehead atoms. The van der Waals surface area contributed by atoms with Crippen LogP contribution in [0.15, 0.2) is 18.3 Å². The van der Waals surface area contributed by atoms with Crippen molar-refractivity contribution in [3.05, 3.63) is 23.9 Å². The summed E-state index contributed by atoms with van der Waals surface area (Å²) in [5, 5.41) is 0.453. The van der Waals surface area contributed by atoms with Gasteiger partial charge in [-0.2, -0.15) is 0 Å². The number of hydrogen-bond acceptors (Lipinski definition) is 8. The minimum atomic E-state index is -0.897. The van der Waals surface area contributed by atoms with Crippen molar-refractivity contribution < 1.29 is 28.8 Å². The molecule has 10 nitrogen and oxygen atoms in total. The van der Waals surface area contributed by atoms with Crippen LogP contribution in [0, 0.1) is 0 Å². The Labute approximate surface area is 143 Å². The minimum absolute atomic E-state index is 0.00900. The number of ether oxygens (including phenoxy) is 1. The van der Waals surface area contributed by atoms with Crippen molar-refractivity contribution in [3.8, 4) is 0 Å². The lowest BCUT2D eigenvalue weighted by atomic mass is 10.2. The van der Waals surface area contributed by atoms with Gasteiger partial charge in [0, 0.05) is 19.0 Å². The highest BCUT2D eigenvalue weighted by molar-refractivity contribution is 6.02. The fraction of sp³-hybridized carbons (Fsp3) is 0.400. The molecule has 0 atom stereocenters. The van der Waals surface area contributed by atoms with Gasteiger partial charge in [0.2, 0.25) is 0 Å². The van der Waals surface area contributed by atoms with Crippen LogP contribution in [0.1, 0.15) is 44.0 Å². The molecule has 0 unspecified atom stereocenters. The first kappa shape index (κ1) is 18.2. The molecule has 1 aliphatic heterocycles. The van der Waals surface area contributed by atoms with Gasteiger partial charge in [-0.1, -0.05) is 0 Å². The van der Waals surface area contributed by atoms with Crippen LogP contribution < -0.4 is 10.9 Å². The Balaban J connectivity index is 1.96. The van der Waals surface area contributed by atoms with E-state index in [0.29, 0.717) is 5.06 Å². The SMILES string of the molecule is CC(C)(C)OC(=O)NNc1cc(C(=O)ON2C(=O)CCC2=O)ccn1. The van der Waals surface area contributed by atoms with Crippen LogP contribution in [0.5, 0.6) is 0 Å². The summed E-state index contributed by atoms with van der Waals surface area (Å²) >= 11 is 0. The normalized spacial score (nSPS) is 14.3. The lowest BCUT2D eigenvalue weighted by Crippen LogP contribution is -2.36. The number of pyridine rings is 1. The van der Waals surface area contributed by atoms with Crippen molar-refractivity contribution in [1.82, 2.24) is 15.5 Å². The zero-order chi connectivity index (χ0) is 18.6. The molecular formula is C15H18N4O6. The molecule has 1 aromatic rings. The molecule has 0 radical (unpaired) electrons. The predicted octanol–water partition coefficient (Wildman–Crippen LogP) is 1.15. The number of hydrogen-bond donors (Lipinski definition) is 2. The van der Waals surface area contributed by atoms with Gasteiger partial charge >= 0.3 is 12.1 Å². The maximum absolute atomic E-state index is 12.0. The second-order valence-electron chi connectivity index (χ2n) is 6.14. The first-order valence-corrected chi connectivity index (χ1v) is 7.45. The third-order valence-corrected chi connectivity index (χ3v) is 2.87. The maximum Gasteiger partial charge on any atom is 0.426 e. The Morgan fingerprint density at radius 2 is 1.84 bits per heavy atom. The predicted molar refractivity (Wildman–Crippen MR) is 83.7 cm³/mol. The Morgan fingerprint density at radius 1 is 1.20 bits per heavy atom. The number of amides is 3. The first-order valence-electron chi connectivity index (χ1n) is 7.45. The van der Waals surface area contributed by atoms with Crippen molar-refractivity contribution in [2.45, 2.75) is 39.2 Å². The Hall–Kier alpha value is -3.17. The monoisotopic (exact) mass is 350 g/mol. The largest absolute Gasteiger partial charge is 0.443 e. The average molecular weight is 350 g/mol. The van der Waals surface area contributed by atoms with Gasteiger partial charge in [0.1, 0.15) is 11.4 Å². The number of aromatic nitrogens is 1. The zero-order valence-electron chi connectivity index (χ0n) is 14.0. The molecule has 2 N–H and O–H groups in total. The lowest BCUT2D eigenvalue weighted by Gasteiger charge is -2.20. The summed E-state index contributed by atoms with van der Waals surface area (Å²) in [5.41, 5.74) is 4.12. The first-order chi connectivity index (χ1) is 11.7. The average Bonchev–Trinajstić information content (AvgIpc) is 2.83. The van der Waals surface area contributed by atoms with Gasteiger partial charge in [-0.05, 0) is 32.9 Å². The molecule has 1 aliphatic rings. The second kappa shape index (κ2) is 7.16. The molecule has 1 saturated heterocycles. The summed E-state index contributed by atoms with van der Waals surface area (Å²) in [6.45, 7) is 5.13. The minimum Gasteiger partial charge on any atom is -0.443 e. The second-order valence-corrected chi connectivity index (χ2v) is 6.14. The summed E-state index contributed by atoms with van der Waals surface area (Å²) in [5.74, 6) is -1.90. The van der Waals surface area contributed by atoms with Crippen molar-refractivity contribution in [3.63, 3.8) is 0 Å². The third-order valence-electron chi connectivity index (χ3n) is 2.87. The fourth-order valence-corrected chi connectivity index (χ4v) is 1.84. The van der Waals surface area contributed by atoms with E-state index in [-0.39, 0.29) is 24.2 Å². The maximum atomic E-state index is 12.0. The van der Waals surface area contributed by atoms with E-state index in [1.54, 1.807) is 20.8 Å². The molecule has 0 saturated carbocycles. The Morgan fingerprint density at radius 3 is 2.44 bits per heavy atom. The van der Waals surface area contributed by atoms with Crippen molar-refractivity contribution in [2.24, 2.45) is 0 Å². The fourth-order valence-electron chi connectivity index (χ4n) is 1.84. The topological polar surface area (TPSA) is 127 Å². The van der Waals surface area contributed by atoms with Crippen molar-refractivity contribution >= 4 is 29.7 Å². The summed E-state index contributed by atoms with van der Waals surface area (Å²) < 4.78 is 5.04. The number of hydrazine groups is 1. The number of imide groups is 1.